The van der Waals surface area contributed by atoms with Gasteiger partial charge in [-0.05, 0) is 18.2 Å². The molecule has 0 amide bonds. The van der Waals surface area contributed by atoms with Crippen molar-refractivity contribution >= 4 is 43.9 Å². The molecule has 2 aromatic heterocycles. The Morgan fingerprint density at radius 1 is 1.43 bits per heavy atom. The number of benzene rings is 1. The molecule has 0 radical (unpaired) electrons. The third-order valence-electron chi connectivity index (χ3n) is 3.08. The number of aromatic hydroxyl groups is 1. The Kier molecular flexibility index (Phi) is 4.09. The van der Waals surface area contributed by atoms with Crippen LogP contribution in [0.4, 0.5) is 0 Å². The summed E-state index contributed by atoms with van der Waals surface area (Å²) in [5, 5.41) is 11.2. The highest BCUT2D eigenvalue weighted by molar-refractivity contribution is 7.92. The molecule has 0 unspecified atom stereocenters. The van der Waals surface area contributed by atoms with E-state index in [0.29, 0.717) is 21.9 Å². The van der Waals surface area contributed by atoms with Crippen molar-refractivity contribution in [1.29, 1.82) is 0 Å². The third-order valence-corrected chi connectivity index (χ3v) is 6.18. The van der Waals surface area contributed by atoms with E-state index in [9.17, 15) is 13.5 Å². The molecule has 0 aliphatic heterocycles. The van der Waals surface area contributed by atoms with E-state index in [4.69, 9.17) is 16.3 Å². The molecule has 0 saturated heterocycles. The lowest BCUT2D eigenvalue weighted by molar-refractivity contribution is 0.383. The van der Waals surface area contributed by atoms with Gasteiger partial charge in [0.25, 0.3) is 0 Å². The van der Waals surface area contributed by atoms with Gasteiger partial charge in [0.2, 0.25) is 14.2 Å². The SMILES string of the molecule is COc1nsc(S(=O)(=O)Cc2cc(Cl)c3cccnc3c2O)n1. The summed E-state index contributed by atoms with van der Waals surface area (Å²) >= 11 is 6.85. The average Bonchev–Trinajstić information content (AvgIpc) is 3.02. The third kappa shape index (κ3) is 2.94. The van der Waals surface area contributed by atoms with Gasteiger partial charge in [0.1, 0.15) is 11.3 Å². The first-order chi connectivity index (χ1) is 10.9. The maximum Gasteiger partial charge on any atom is 0.329 e. The van der Waals surface area contributed by atoms with Gasteiger partial charge in [0.05, 0.1) is 17.9 Å². The molecule has 0 atom stereocenters. The topological polar surface area (TPSA) is 102 Å². The number of nitrogens with zero attached hydrogens (tertiary/aromatic N) is 3. The summed E-state index contributed by atoms with van der Waals surface area (Å²) in [7, 11) is -2.45. The number of phenols is 1. The van der Waals surface area contributed by atoms with Crippen LogP contribution in [-0.2, 0) is 15.6 Å². The first kappa shape index (κ1) is 15.9. The lowest BCUT2D eigenvalue weighted by Gasteiger charge is -2.08. The van der Waals surface area contributed by atoms with Crippen molar-refractivity contribution in [3.8, 4) is 11.8 Å². The molecule has 2 heterocycles. The fourth-order valence-electron chi connectivity index (χ4n) is 2.02. The number of halogens is 1. The van der Waals surface area contributed by atoms with Gasteiger partial charge in [-0.15, -0.1) is 4.37 Å². The van der Waals surface area contributed by atoms with E-state index in [1.165, 1.54) is 19.4 Å². The van der Waals surface area contributed by atoms with Crippen molar-refractivity contribution in [2.24, 2.45) is 0 Å². The van der Waals surface area contributed by atoms with Gasteiger partial charge in [0, 0.05) is 28.7 Å². The summed E-state index contributed by atoms with van der Waals surface area (Å²) in [6.45, 7) is 0. The lowest BCUT2D eigenvalue weighted by atomic mass is 10.1. The number of methoxy groups -OCH3 is 1. The zero-order chi connectivity index (χ0) is 16.6. The summed E-state index contributed by atoms with van der Waals surface area (Å²) in [5.41, 5.74) is 0.399. The van der Waals surface area contributed by atoms with Gasteiger partial charge in [-0.25, -0.2) is 8.42 Å². The molecule has 0 bridgehead atoms. The van der Waals surface area contributed by atoms with E-state index < -0.39 is 15.6 Å². The normalized spacial score (nSPS) is 11.7. The van der Waals surface area contributed by atoms with Crippen LogP contribution in [-0.4, -0.2) is 35.0 Å². The number of aromatic nitrogens is 3. The molecule has 23 heavy (non-hydrogen) atoms. The van der Waals surface area contributed by atoms with E-state index in [1.807, 2.05) is 0 Å². The predicted molar refractivity (Wildman–Crippen MR) is 85.8 cm³/mol. The van der Waals surface area contributed by atoms with Crippen LogP contribution in [0.2, 0.25) is 5.02 Å². The number of ether oxygens (including phenoxy) is 1. The average molecular weight is 372 g/mol. The van der Waals surface area contributed by atoms with Gasteiger partial charge in [-0.3, -0.25) is 4.98 Å². The minimum Gasteiger partial charge on any atom is -0.505 e. The van der Waals surface area contributed by atoms with Crippen LogP contribution in [0.3, 0.4) is 0 Å². The van der Waals surface area contributed by atoms with Gasteiger partial charge in [-0.2, -0.15) is 4.98 Å². The van der Waals surface area contributed by atoms with Gasteiger partial charge < -0.3 is 9.84 Å². The molecular weight excluding hydrogens is 362 g/mol. The molecule has 7 nitrogen and oxygen atoms in total. The summed E-state index contributed by atoms with van der Waals surface area (Å²) < 4.78 is 33.2. The van der Waals surface area contributed by atoms with Crippen molar-refractivity contribution in [2.75, 3.05) is 7.11 Å². The zero-order valence-corrected chi connectivity index (χ0v) is 14.1. The Hall–Kier alpha value is -1.97. The fourth-order valence-corrected chi connectivity index (χ4v) is 4.41. The number of hydrogen-bond acceptors (Lipinski definition) is 8. The van der Waals surface area contributed by atoms with E-state index in [1.54, 1.807) is 12.1 Å². The minimum atomic E-state index is -3.79. The molecule has 10 heteroatoms. The van der Waals surface area contributed by atoms with Gasteiger partial charge in [-0.1, -0.05) is 11.6 Å². The van der Waals surface area contributed by atoms with Crippen molar-refractivity contribution in [2.45, 2.75) is 10.1 Å². The second-order valence-corrected chi connectivity index (χ2v) is 7.89. The fraction of sp³-hybridized carbons (Fsp3) is 0.154. The standard InChI is InChI=1S/C13H10ClN3O4S2/c1-21-12-16-13(22-17-12)23(19,20)6-7-5-9(14)8-3-2-4-15-10(8)11(7)18/h2-5,18H,6H2,1H3. The highest BCUT2D eigenvalue weighted by atomic mass is 35.5. The van der Waals surface area contributed by atoms with Gasteiger partial charge >= 0.3 is 6.01 Å². The molecule has 0 aliphatic carbocycles. The van der Waals surface area contributed by atoms with Crippen LogP contribution in [0, 0.1) is 0 Å². The van der Waals surface area contributed by atoms with Crippen molar-refractivity contribution in [3.63, 3.8) is 0 Å². The molecule has 1 N–H and O–H groups in total. The summed E-state index contributed by atoms with van der Waals surface area (Å²) in [6, 6.07) is 4.77. The summed E-state index contributed by atoms with van der Waals surface area (Å²) in [5.74, 6) is -0.686. The predicted octanol–water partition coefficient (Wildman–Crippen LogP) is 2.43. The largest absolute Gasteiger partial charge is 0.505 e. The Morgan fingerprint density at radius 3 is 2.91 bits per heavy atom. The minimum absolute atomic E-state index is 0.0176. The van der Waals surface area contributed by atoms with E-state index in [-0.39, 0.29) is 27.2 Å². The Morgan fingerprint density at radius 2 is 2.22 bits per heavy atom. The number of hydrogen-bond donors (Lipinski definition) is 1. The van der Waals surface area contributed by atoms with Gasteiger partial charge in [0.15, 0.2) is 0 Å². The molecular formula is C13H10ClN3O4S2. The maximum absolute atomic E-state index is 12.4. The molecule has 0 saturated carbocycles. The second-order valence-electron chi connectivity index (χ2n) is 4.57. The number of rotatable bonds is 4. The molecule has 120 valence electrons. The number of pyridine rings is 1. The molecule has 0 aliphatic rings. The Labute approximate surface area is 140 Å². The van der Waals surface area contributed by atoms with Crippen LogP contribution in [0.1, 0.15) is 5.56 Å². The van der Waals surface area contributed by atoms with Crippen LogP contribution in [0.25, 0.3) is 10.9 Å². The lowest BCUT2D eigenvalue weighted by Crippen LogP contribution is -2.05. The first-order valence-electron chi connectivity index (χ1n) is 6.28. The van der Waals surface area contributed by atoms with Crippen LogP contribution >= 0.6 is 23.1 Å². The quantitative estimate of drug-likeness (QED) is 0.751. The summed E-state index contributed by atoms with van der Waals surface area (Å²) in [4.78, 5) is 7.83. The van der Waals surface area contributed by atoms with Crippen LogP contribution in [0.5, 0.6) is 11.8 Å². The number of sulfone groups is 1. The number of fused-ring (bicyclic) bond motifs is 1. The van der Waals surface area contributed by atoms with E-state index >= 15 is 0 Å². The Bertz CT molecular complexity index is 988. The van der Waals surface area contributed by atoms with Crippen LogP contribution in [0.15, 0.2) is 28.7 Å². The highest BCUT2D eigenvalue weighted by Crippen LogP contribution is 2.35. The molecule has 0 fully saturated rings. The maximum atomic E-state index is 12.4. The zero-order valence-electron chi connectivity index (χ0n) is 11.7. The molecule has 3 rings (SSSR count). The summed E-state index contributed by atoms with van der Waals surface area (Å²) in [6.07, 6.45) is 1.49. The molecule has 1 aromatic carbocycles. The molecule has 3 aromatic rings. The Balaban J connectivity index is 2.06. The highest BCUT2D eigenvalue weighted by Gasteiger charge is 2.24. The van der Waals surface area contributed by atoms with E-state index in [0.717, 1.165) is 0 Å². The van der Waals surface area contributed by atoms with E-state index in [2.05, 4.69) is 14.3 Å². The second kappa shape index (κ2) is 5.91. The molecule has 0 spiro atoms. The van der Waals surface area contributed by atoms with Crippen LogP contribution < -0.4 is 4.74 Å². The first-order valence-corrected chi connectivity index (χ1v) is 9.08. The van der Waals surface area contributed by atoms with Crippen molar-refractivity contribution in [3.05, 3.63) is 35.0 Å². The monoisotopic (exact) mass is 371 g/mol. The van der Waals surface area contributed by atoms with Crippen molar-refractivity contribution in [1.82, 2.24) is 14.3 Å². The smallest absolute Gasteiger partial charge is 0.329 e. The number of phenolic OH excluding ortho intramolecular Hbond substituents is 1. The van der Waals surface area contributed by atoms with Crippen molar-refractivity contribution < 1.29 is 18.3 Å².